The van der Waals surface area contributed by atoms with Crippen molar-refractivity contribution in [1.29, 1.82) is 0 Å². The zero-order valence-corrected chi connectivity index (χ0v) is 23.7. The van der Waals surface area contributed by atoms with Crippen LogP contribution in [0.15, 0.2) is 61.9 Å². The van der Waals surface area contributed by atoms with Gasteiger partial charge in [0.2, 0.25) is 0 Å². The van der Waals surface area contributed by atoms with Crippen molar-refractivity contribution in [3.8, 4) is 17.2 Å². The molecule has 0 saturated heterocycles. The Kier molecular flexibility index (Phi) is 7.89. The van der Waals surface area contributed by atoms with Gasteiger partial charge in [-0.3, -0.25) is 9.36 Å². The van der Waals surface area contributed by atoms with Crippen LogP contribution in [0.25, 0.3) is 6.08 Å². The number of esters is 1. The minimum Gasteiger partial charge on any atom is -0.497 e. The number of hydrogen-bond acceptors (Lipinski definition) is 8. The summed E-state index contributed by atoms with van der Waals surface area (Å²) < 4.78 is 24.7. The van der Waals surface area contributed by atoms with E-state index in [2.05, 4.69) is 20.9 Å². The molecule has 37 heavy (non-hydrogen) atoms. The average Bonchev–Trinajstić information content (AvgIpc) is 3.17. The Morgan fingerprint density at radius 1 is 1.08 bits per heavy atom. The van der Waals surface area contributed by atoms with Crippen molar-refractivity contribution < 1.29 is 23.7 Å². The van der Waals surface area contributed by atoms with E-state index < -0.39 is 12.0 Å². The van der Waals surface area contributed by atoms with Crippen molar-refractivity contribution in [2.45, 2.75) is 32.9 Å². The van der Waals surface area contributed by atoms with E-state index in [1.807, 2.05) is 18.2 Å². The highest BCUT2D eigenvalue weighted by molar-refractivity contribution is 9.10. The third kappa shape index (κ3) is 5.21. The number of benzene rings is 2. The van der Waals surface area contributed by atoms with E-state index in [0.717, 1.165) is 4.47 Å². The fourth-order valence-corrected chi connectivity index (χ4v) is 5.57. The Morgan fingerprint density at radius 2 is 1.81 bits per heavy atom. The SMILES string of the molecule is COc1ccc(/C=c2\sc3n(c2=O)[C@@H](c2cc(Br)ccc2OC)C(C(=O)OC(C)C)=C(C)N=3)c(OC)c1. The molecule has 0 N–H and O–H groups in total. The predicted octanol–water partition coefficient (Wildman–Crippen LogP) is 3.98. The third-order valence-electron chi connectivity index (χ3n) is 5.80. The maximum Gasteiger partial charge on any atom is 0.338 e. The number of allylic oxidation sites excluding steroid dienone is 1. The molecule has 0 radical (unpaired) electrons. The molecule has 1 aromatic heterocycles. The lowest BCUT2D eigenvalue weighted by Crippen LogP contribution is -2.40. The van der Waals surface area contributed by atoms with Crippen LogP contribution in [-0.4, -0.2) is 38.0 Å². The van der Waals surface area contributed by atoms with Crippen LogP contribution in [0.3, 0.4) is 0 Å². The van der Waals surface area contributed by atoms with Crippen LogP contribution in [0, 0.1) is 0 Å². The van der Waals surface area contributed by atoms with Gasteiger partial charge in [0.1, 0.15) is 23.3 Å². The van der Waals surface area contributed by atoms with E-state index in [-0.39, 0.29) is 17.2 Å². The lowest BCUT2D eigenvalue weighted by atomic mass is 9.95. The first kappa shape index (κ1) is 26.7. The molecule has 194 valence electrons. The van der Waals surface area contributed by atoms with E-state index in [0.29, 0.717) is 43.4 Å². The van der Waals surface area contributed by atoms with Gasteiger partial charge in [0.15, 0.2) is 4.80 Å². The molecule has 0 saturated carbocycles. The van der Waals surface area contributed by atoms with Crippen LogP contribution in [0.2, 0.25) is 0 Å². The maximum absolute atomic E-state index is 13.9. The summed E-state index contributed by atoms with van der Waals surface area (Å²) in [6, 6.07) is 10.0. The van der Waals surface area contributed by atoms with Crippen LogP contribution >= 0.6 is 27.3 Å². The van der Waals surface area contributed by atoms with Crippen LogP contribution in [0.1, 0.15) is 37.9 Å². The summed E-state index contributed by atoms with van der Waals surface area (Å²) in [6.45, 7) is 5.30. The summed E-state index contributed by atoms with van der Waals surface area (Å²) in [7, 11) is 4.69. The van der Waals surface area contributed by atoms with Gasteiger partial charge in [-0.15, -0.1) is 0 Å². The van der Waals surface area contributed by atoms with Gasteiger partial charge < -0.3 is 18.9 Å². The van der Waals surface area contributed by atoms with E-state index in [1.54, 1.807) is 66.4 Å². The Morgan fingerprint density at radius 3 is 2.46 bits per heavy atom. The van der Waals surface area contributed by atoms with Crippen molar-refractivity contribution in [3.05, 3.63) is 83.0 Å². The van der Waals surface area contributed by atoms with Gasteiger partial charge >= 0.3 is 5.97 Å². The second kappa shape index (κ2) is 10.9. The normalized spacial score (nSPS) is 15.4. The van der Waals surface area contributed by atoms with Crippen LogP contribution in [-0.2, 0) is 9.53 Å². The first-order chi connectivity index (χ1) is 17.7. The minimum absolute atomic E-state index is 0.283. The Bertz CT molecular complexity index is 1570. The Labute approximate surface area is 226 Å². The zero-order valence-electron chi connectivity index (χ0n) is 21.3. The molecule has 0 fully saturated rings. The minimum atomic E-state index is -0.796. The number of halogens is 1. The molecule has 3 aromatic rings. The molecule has 4 rings (SSSR count). The molecule has 0 aliphatic carbocycles. The van der Waals surface area contributed by atoms with Crippen molar-refractivity contribution in [2.75, 3.05) is 21.3 Å². The number of aromatic nitrogens is 1. The Balaban J connectivity index is 2.00. The van der Waals surface area contributed by atoms with Gasteiger partial charge in [0.05, 0.1) is 43.2 Å². The second-order valence-electron chi connectivity index (χ2n) is 8.53. The molecule has 10 heteroatoms. The molecule has 0 unspecified atom stereocenters. The highest BCUT2D eigenvalue weighted by Gasteiger charge is 2.35. The number of thiazole rings is 1. The number of carbonyl (C=O) groups excluding carboxylic acids is 1. The van der Waals surface area contributed by atoms with E-state index >= 15 is 0 Å². The summed E-state index contributed by atoms with van der Waals surface area (Å²) >= 11 is 4.75. The number of nitrogens with zero attached hydrogens (tertiary/aromatic N) is 2. The zero-order chi connectivity index (χ0) is 26.9. The lowest BCUT2D eigenvalue weighted by Gasteiger charge is -2.26. The smallest absolute Gasteiger partial charge is 0.338 e. The third-order valence-corrected chi connectivity index (χ3v) is 7.27. The first-order valence-corrected chi connectivity index (χ1v) is 13.1. The summed E-state index contributed by atoms with van der Waals surface area (Å²) in [5, 5.41) is 0. The van der Waals surface area contributed by atoms with Crippen LogP contribution < -0.4 is 29.1 Å². The van der Waals surface area contributed by atoms with Gasteiger partial charge in [0, 0.05) is 21.7 Å². The fraction of sp³-hybridized carbons (Fsp3) is 0.296. The molecule has 0 bridgehead atoms. The highest BCUT2D eigenvalue weighted by Crippen LogP contribution is 2.37. The number of fused-ring (bicyclic) bond motifs is 1. The number of ether oxygens (including phenoxy) is 4. The van der Waals surface area contributed by atoms with Crippen molar-refractivity contribution in [2.24, 2.45) is 4.99 Å². The summed E-state index contributed by atoms with van der Waals surface area (Å²) in [5.74, 6) is 1.20. The molecule has 8 nitrogen and oxygen atoms in total. The topological polar surface area (TPSA) is 88.4 Å². The van der Waals surface area contributed by atoms with Gasteiger partial charge in [-0.2, -0.15) is 0 Å². The number of methoxy groups -OCH3 is 3. The molecular weight excluding hydrogens is 560 g/mol. The second-order valence-corrected chi connectivity index (χ2v) is 10.5. The summed E-state index contributed by atoms with van der Waals surface area (Å²) in [6.07, 6.45) is 1.41. The molecule has 2 aromatic carbocycles. The quantitative estimate of drug-likeness (QED) is 0.389. The molecule has 1 atom stereocenters. The molecular formula is C27H27BrN2O6S. The molecule has 0 spiro atoms. The van der Waals surface area contributed by atoms with Crippen molar-refractivity contribution in [1.82, 2.24) is 4.57 Å². The van der Waals surface area contributed by atoms with Crippen LogP contribution in [0.5, 0.6) is 17.2 Å². The van der Waals surface area contributed by atoms with E-state index in [9.17, 15) is 9.59 Å². The summed E-state index contributed by atoms with van der Waals surface area (Å²) in [4.78, 5) is 32.3. The Hall–Kier alpha value is -3.37. The standard InChI is InChI=1S/C27H27BrN2O6S/c1-14(2)36-26(32)23-15(3)29-27-30(24(23)19-12-17(28)8-10-20(19)34-5)25(31)22(37-27)11-16-7-9-18(33-4)13-21(16)35-6/h7-14,24H,1-6H3/b22-11-/t24-/m0/s1. The number of rotatable bonds is 7. The molecule has 0 amide bonds. The monoisotopic (exact) mass is 586 g/mol. The van der Waals surface area contributed by atoms with Crippen molar-refractivity contribution >= 4 is 39.3 Å². The van der Waals surface area contributed by atoms with Gasteiger partial charge in [0.25, 0.3) is 5.56 Å². The average molecular weight is 587 g/mol. The molecule has 1 aliphatic rings. The largest absolute Gasteiger partial charge is 0.497 e. The van der Waals surface area contributed by atoms with Gasteiger partial charge in [-0.05, 0) is 57.2 Å². The number of hydrogen-bond donors (Lipinski definition) is 0. The maximum atomic E-state index is 13.9. The summed E-state index contributed by atoms with van der Waals surface area (Å²) in [5.41, 5.74) is 1.81. The number of carbonyl (C=O) groups is 1. The van der Waals surface area contributed by atoms with Crippen LogP contribution in [0.4, 0.5) is 0 Å². The molecule has 2 heterocycles. The molecule has 1 aliphatic heterocycles. The predicted molar refractivity (Wildman–Crippen MR) is 145 cm³/mol. The highest BCUT2D eigenvalue weighted by atomic mass is 79.9. The van der Waals surface area contributed by atoms with Gasteiger partial charge in [-0.25, -0.2) is 9.79 Å². The first-order valence-electron chi connectivity index (χ1n) is 11.5. The fourth-order valence-electron chi connectivity index (χ4n) is 4.15. The van der Waals surface area contributed by atoms with Gasteiger partial charge in [-0.1, -0.05) is 27.3 Å². The lowest BCUT2D eigenvalue weighted by molar-refractivity contribution is -0.143. The van der Waals surface area contributed by atoms with E-state index in [1.165, 1.54) is 15.9 Å². The van der Waals surface area contributed by atoms with E-state index in [4.69, 9.17) is 18.9 Å². The van der Waals surface area contributed by atoms with Crippen molar-refractivity contribution in [3.63, 3.8) is 0 Å².